The monoisotopic (exact) mass is 374 g/mol. The zero-order valence-corrected chi connectivity index (χ0v) is 18.0. The van der Waals surface area contributed by atoms with Crippen LogP contribution in [0.2, 0.25) is 0 Å². The normalized spacial score (nSPS) is 31.5. The molecule has 0 aromatic heterocycles. The van der Waals surface area contributed by atoms with Crippen molar-refractivity contribution < 1.29 is 9.47 Å². The molecule has 0 amide bonds. The fourth-order valence-corrected chi connectivity index (χ4v) is 4.68. The predicted octanol–water partition coefficient (Wildman–Crippen LogP) is 3.99. The van der Waals surface area contributed by atoms with Crippen molar-refractivity contribution in [2.45, 2.75) is 96.4 Å². The van der Waals surface area contributed by atoms with Gasteiger partial charge in [0.05, 0.1) is 12.2 Å². The molecule has 2 aliphatic rings. The second kappa shape index (κ2) is 8.20. The van der Waals surface area contributed by atoms with Crippen LogP contribution in [-0.2, 0) is 15.9 Å². The van der Waals surface area contributed by atoms with Gasteiger partial charge in [0, 0.05) is 30.8 Å². The van der Waals surface area contributed by atoms with Gasteiger partial charge in [-0.05, 0) is 59.4 Å². The Morgan fingerprint density at radius 1 is 1.22 bits per heavy atom. The van der Waals surface area contributed by atoms with Crippen molar-refractivity contribution in [2.75, 3.05) is 13.2 Å². The minimum absolute atomic E-state index is 0.0996. The van der Waals surface area contributed by atoms with E-state index in [0.29, 0.717) is 18.2 Å². The highest BCUT2D eigenvalue weighted by Crippen LogP contribution is 2.36. The van der Waals surface area contributed by atoms with Crippen molar-refractivity contribution in [1.29, 1.82) is 0 Å². The molecule has 2 aliphatic heterocycles. The summed E-state index contributed by atoms with van der Waals surface area (Å²) in [5.74, 6) is 0. The molecular formula is C23H38N2O2. The van der Waals surface area contributed by atoms with Gasteiger partial charge in [-0.3, -0.25) is 10.2 Å². The Morgan fingerprint density at radius 3 is 2.56 bits per heavy atom. The van der Waals surface area contributed by atoms with Crippen LogP contribution >= 0.6 is 0 Å². The highest BCUT2D eigenvalue weighted by atomic mass is 16.5. The van der Waals surface area contributed by atoms with E-state index in [4.69, 9.17) is 9.47 Å². The summed E-state index contributed by atoms with van der Waals surface area (Å²) in [5.41, 5.74) is 1.17. The van der Waals surface area contributed by atoms with Gasteiger partial charge in [0.15, 0.2) is 0 Å². The first kappa shape index (κ1) is 20.8. The number of likely N-dealkylation sites (tertiary alicyclic amines) is 1. The summed E-state index contributed by atoms with van der Waals surface area (Å²) in [6, 6.07) is 11.4. The van der Waals surface area contributed by atoms with Crippen LogP contribution in [0.15, 0.2) is 30.3 Å². The summed E-state index contributed by atoms with van der Waals surface area (Å²) in [5, 5.41) is 3.75. The Bertz CT molecular complexity index is 596. The molecule has 0 saturated carbocycles. The first-order valence-electron chi connectivity index (χ1n) is 10.6. The number of hydrogen-bond acceptors (Lipinski definition) is 4. The maximum absolute atomic E-state index is 6.59. The van der Waals surface area contributed by atoms with Gasteiger partial charge in [0.2, 0.25) is 0 Å². The molecule has 0 aliphatic carbocycles. The van der Waals surface area contributed by atoms with Crippen molar-refractivity contribution in [3.8, 4) is 0 Å². The van der Waals surface area contributed by atoms with Crippen LogP contribution in [0.4, 0.5) is 0 Å². The smallest absolute Gasteiger partial charge is 0.114 e. The van der Waals surface area contributed by atoms with E-state index in [1.165, 1.54) is 5.56 Å². The summed E-state index contributed by atoms with van der Waals surface area (Å²) >= 11 is 0. The van der Waals surface area contributed by atoms with E-state index >= 15 is 0 Å². The minimum atomic E-state index is -0.296. The van der Waals surface area contributed by atoms with E-state index in [1.54, 1.807) is 0 Å². The highest BCUT2D eigenvalue weighted by molar-refractivity contribution is 5.18. The second-order valence-electron chi connectivity index (χ2n) is 9.65. The fraction of sp³-hybridized carbons (Fsp3) is 0.739. The van der Waals surface area contributed by atoms with Crippen LogP contribution in [0.5, 0.6) is 0 Å². The largest absolute Gasteiger partial charge is 0.377 e. The lowest BCUT2D eigenvalue weighted by Gasteiger charge is -2.40. The molecule has 3 rings (SSSR count). The lowest BCUT2D eigenvalue weighted by atomic mass is 9.93. The molecule has 1 aromatic carbocycles. The quantitative estimate of drug-likeness (QED) is 0.816. The molecule has 2 saturated heterocycles. The van der Waals surface area contributed by atoms with Gasteiger partial charge >= 0.3 is 0 Å². The fourth-order valence-electron chi connectivity index (χ4n) is 4.68. The summed E-state index contributed by atoms with van der Waals surface area (Å²) in [7, 11) is 0. The second-order valence-corrected chi connectivity index (χ2v) is 9.65. The van der Waals surface area contributed by atoms with Crippen molar-refractivity contribution >= 4 is 0 Å². The number of ether oxygens (including phenoxy) is 2. The maximum Gasteiger partial charge on any atom is 0.114 e. The number of hydrogen-bond donors (Lipinski definition) is 1. The number of nitrogens with zero attached hydrogens (tertiary/aromatic N) is 1. The van der Waals surface area contributed by atoms with Crippen LogP contribution in [-0.4, -0.2) is 53.6 Å². The van der Waals surface area contributed by atoms with E-state index in [0.717, 1.165) is 32.4 Å². The molecule has 0 spiro atoms. The molecule has 4 atom stereocenters. The molecule has 1 aromatic rings. The molecule has 2 heterocycles. The van der Waals surface area contributed by atoms with Crippen LogP contribution in [0.25, 0.3) is 0 Å². The molecule has 0 radical (unpaired) electrons. The van der Waals surface area contributed by atoms with E-state index in [-0.39, 0.29) is 17.4 Å². The summed E-state index contributed by atoms with van der Waals surface area (Å²) in [6.07, 6.45) is 3.57. The third-order valence-corrected chi connectivity index (χ3v) is 5.76. The molecule has 0 bridgehead atoms. The van der Waals surface area contributed by atoms with Crippen LogP contribution in [0.3, 0.4) is 0 Å². The molecule has 2 fully saturated rings. The van der Waals surface area contributed by atoms with Crippen LogP contribution in [0, 0.1) is 0 Å². The minimum Gasteiger partial charge on any atom is -0.377 e. The van der Waals surface area contributed by atoms with E-state index in [1.807, 2.05) is 0 Å². The Labute approximate surface area is 165 Å². The van der Waals surface area contributed by atoms with Crippen molar-refractivity contribution in [3.05, 3.63) is 35.9 Å². The average Bonchev–Trinajstić information content (AvgIpc) is 3.14. The highest BCUT2D eigenvalue weighted by Gasteiger charge is 2.50. The molecule has 4 heteroatoms. The van der Waals surface area contributed by atoms with Gasteiger partial charge in [-0.2, -0.15) is 0 Å². The third-order valence-electron chi connectivity index (χ3n) is 5.76. The summed E-state index contributed by atoms with van der Waals surface area (Å²) in [4.78, 5) is 2.61. The third kappa shape index (κ3) is 5.11. The van der Waals surface area contributed by atoms with E-state index < -0.39 is 0 Å². The summed E-state index contributed by atoms with van der Waals surface area (Å²) in [6.45, 7) is 15.2. The van der Waals surface area contributed by atoms with Crippen molar-refractivity contribution in [3.63, 3.8) is 0 Å². The van der Waals surface area contributed by atoms with Crippen molar-refractivity contribution in [1.82, 2.24) is 10.2 Å². The zero-order chi connectivity index (χ0) is 19.7. The topological polar surface area (TPSA) is 33.7 Å². The molecule has 27 heavy (non-hydrogen) atoms. The first-order chi connectivity index (χ1) is 12.7. The Balaban J connectivity index is 1.80. The number of benzene rings is 1. The predicted molar refractivity (Wildman–Crippen MR) is 111 cm³/mol. The molecule has 1 N–H and O–H groups in total. The first-order valence-corrected chi connectivity index (χ1v) is 10.6. The summed E-state index contributed by atoms with van der Waals surface area (Å²) < 4.78 is 12.7. The Morgan fingerprint density at radius 2 is 1.93 bits per heavy atom. The standard InChI is InChI=1S/C23H38N2O2/c1-7-13-26-18-15-20(25(16-18)22(2,3)4)21-19(24-23(5,6)27-21)14-17-11-9-8-10-12-17/h8-12,18-21,24H,7,13-16H2,1-6H3/t18-,19+,20-,21+/m1/s1. The van der Waals surface area contributed by atoms with Crippen molar-refractivity contribution in [2.24, 2.45) is 0 Å². The SMILES string of the molecule is CCCO[C@@H]1C[C@H]([C@H]2OC(C)(C)N[C@H]2Cc2ccccc2)N(C(C)(C)C)C1. The molecule has 4 nitrogen and oxygen atoms in total. The zero-order valence-electron chi connectivity index (χ0n) is 18.0. The van der Waals surface area contributed by atoms with Gasteiger partial charge in [-0.25, -0.2) is 0 Å². The average molecular weight is 375 g/mol. The van der Waals surface area contributed by atoms with Crippen LogP contribution in [0.1, 0.15) is 59.9 Å². The Hall–Kier alpha value is -0.940. The van der Waals surface area contributed by atoms with E-state index in [2.05, 4.69) is 82.1 Å². The Kier molecular flexibility index (Phi) is 6.31. The number of nitrogens with one attached hydrogen (secondary N) is 1. The van der Waals surface area contributed by atoms with E-state index in [9.17, 15) is 0 Å². The number of rotatable bonds is 6. The molecule has 0 unspecified atom stereocenters. The van der Waals surface area contributed by atoms with Gasteiger partial charge in [0.1, 0.15) is 5.72 Å². The molecular weight excluding hydrogens is 336 g/mol. The van der Waals surface area contributed by atoms with Gasteiger partial charge in [-0.15, -0.1) is 0 Å². The van der Waals surface area contributed by atoms with Crippen LogP contribution < -0.4 is 5.32 Å². The lowest BCUT2D eigenvalue weighted by molar-refractivity contribution is -0.0670. The van der Waals surface area contributed by atoms with Gasteiger partial charge in [0.25, 0.3) is 0 Å². The van der Waals surface area contributed by atoms with Gasteiger partial charge in [-0.1, -0.05) is 37.3 Å². The lowest BCUT2D eigenvalue weighted by Crippen LogP contribution is -2.53. The maximum atomic E-state index is 6.59. The van der Waals surface area contributed by atoms with Gasteiger partial charge < -0.3 is 9.47 Å². The molecule has 152 valence electrons.